The third-order valence-corrected chi connectivity index (χ3v) is 7.64. The summed E-state index contributed by atoms with van der Waals surface area (Å²) in [4.78, 5) is 0. The Morgan fingerprint density at radius 1 is 0.118 bits per heavy atom. The van der Waals surface area contributed by atoms with E-state index in [0.29, 0.717) is 0 Å². The van der Waals surface area contributed by atoms with E-state index >= 15 is 0 Å². The number of hydrogen-bond donors (Lipinski definition) is 18. The standard InChI is InChI=1S/2K.10H2O8S2/c;;10*1-9(2,3)7-8-10(4,5)6/h;;10*(H,1,2,3)(H,4,5,6)/q2*+1;;;;;;;;;;/p-2. The normalized spacial score (nSPS) is 13.1. The Kier molecular flexibility index (Phi) is 65.9. The van der Waals surface area contributed by atoms with Gasteiger partial charge in [-0.25, -0.2) is 16.8 Å². The molecule has 0 aromatic heterocycles. The van der Waals surface area contributed by atoms with E-state index in [-0.39, 0.29) is 103 Å². The molecule has 18 N–H and O–H groups in total. The van der Waals surface area contributed by atoms with Crippen LogP contribution in [0.15, 0.2) is 0 Å². The van der Waals surface area contributed by atoms with Crippen LogP contribution in [0.1, 0.15) is 0 Å². The van der Waals surface area contributed by atoms with E-state index in [1.165, 1.54) is 0 Å². The van der Waals surface area contributed by atoms with Crippen molar-refractivity contribution in [3.8, 4) is 0 Å². The van der Waals surface area contributed by atoms with Gasteiger partial charge in [0.1, 0.15) is 0 Å². The monoisotopic (exact) mass is 2020 g/mol. The average molecular weight is 2020 g/mol. The van der Waals surface area contributed by atoms with Gasteiger partial charge in [0, 0.05) is 0 Å². The van der Waals surface area contributed by atoms with Gasteiger partial charge in [0.15, 0.2) is 0 Å². The summed E-state index contributed by atoms with van der Waals surface area (Å²) in [5.41, 5.74) is 0. The smallest absolute Gasteiger partial charge is 0.724 e. The fraction of sp³-hybridized carbons (Fsp3) is 0. The molecule has 0 amide bonds. The van der Waals surface area contributed by atoms with E-state index in [4.69, 9.17) is 81.9 Å². The van der Waals surface area contributed by atoms with Crippen molar-refractivity contribution < 1.29 is 449 Å². The summed E-state index contributed by atoms with van der Waals surface area (Å²) >= 11 is 0. The first-order valence-electron chi connectivity index (χ1n) is 15.3. The minimum atomic E-state index is -5.31. The van der Waals surface area contributed by atoms with Crippen LogP contribution < -0.4 is 103 Å². The van der Waals surface area contributed by atoms with Crippen LogP contribution in [0.2, 0.25) is 0 Å². The molecule has 102 heavy (non-hydrogen) atoms. The second-order valence-electron chi connectivity index (χ2n) is 9.88. The Morgan fingerprint density at radius 2 is 0.157 bits per heavy atom. The van der Waals surface area contributed by atoms with Gasteiger partial charge in [-0.1, -0.05) is 78.0 Å². The molecule has 0 bridgehead atoms. The van der Waals surface area contributed by atoms with Crippen molar-refractivity contribution in [1.82, 2.24) is 0 Å². The van der Waals surface area contributed by atoms with Crippen molar-refractivity contribution in [2.45, 2.75) is 0 Å². The molecule has 0 aromatic carbocycles. The molecule has 0 aliphatic carbocycles. The third kappa shape index (κ3) is 200. The fourth-order valence-corrected chi connectivity index (χ4v) is 6.30. The van der Waals surface area contributed by atoms with Gasteiger partial charge in [-0.05, 0) is 0 Å². The minimum Gasteiger partial charge on any atom is -0.724 e. The van der Waals surface area contributed by atoms with Crippen LogP contribution in [-0.4, -0.2) is 259 Å². The Bertz CT molecular complexity index is 3510. The molecule has 0 heterocycles. The maximum atomic E-state index is 9.51. The summed E-state index contributed by atoms with van der Waals surface area (Å²) in [7, 11) is -101. The van der Waals surface area contributed by atoms with E-state index in [2.05, 4.69) is 86.7 Å². The number of hydrogen-bond acceptors (Lipinski definition) is 62. The molecule has 0 saturated heterocycles. The maximum Gasteiger partial charge on any atom is 1.00 e. The van der Waals surface area contributed by atoms with Crippen LogP contribution >= 0.6 is 0 Å². The molecule has 80 nitrogen and oxygen atoms in total. The van der Waals surface area contributed by atoms with Gasteiger partial charge >= 0.3 is 290 Å². The number of rotatable bonds is 30. The van der Waals surface area contributed by atoms with E-state index in [9.17, 15) is 177 Å². The summed E-state index contributed by atoms with van der Waals surface area (Å²) in [5.74, 6) is 0. The van der Waals surface area contributed by atoms with Crippen LogP contribution in [0.3, 0.4) is 0 Å². The van der Waals surface area contributed by atoms with E-state index in [0.717, 1.165) is 0 Å². The molecule has 0 rings (SSSR count). The van der Waals surface area contributed by atoms with Gasteiger partial charge in [0.2, 0.25) is 20.8 Å². The van der Waals surface area contributed by atoms with Gasteiger partial charge in [-0.2, -0.15) is 152 Å². The molecule has 0 fully saturated rings. The fourth-order valence-electron chi connectivity index (χ4n) is 0.700. The molecule has 0 aliphatic rings. The Hall–Kier alpha value is 0.673. The average Bonchev–Trinajstić information content (AvgIpc) is 1.02. The largest absolute Gasteiger partial charge is 1.00 e. The van der Waals surface area contributed by atoms with Crippen LogP contribution in [0.4, 0.5) is 0 Å². The van der Waals surface area contributed by atoms with E-state index in [1.807, 2.05) is 0 Å². The zero-order chi connectivity index (χ0) is 84.1. The van der Waals surface area contributed by atoms with Gasteiger partial charge in [0.05, 0.1) is 0 Å². The molecule has 0 saturated carbocycles. The third-order valence-electron chi connectivity index (χ3n) is 1.99. The van der Waals surface area contributed by atoms with Crippen molar-refractivity contribution in [3.05, 3.63) is 0 Å². The van der Waals surface area contributed by atoms with E-state index in [1.54, 1.807) is 0 Å². The molecule has 620 valence electrons. The molecular weight excluding hydrogens is 2000 g/mol. The Morgan fingerprint density at radius 3 is 0.176 bits per heavy atom. The van der Waals surface area contributed by atoms with E-state index < -0.39 is 208 Å². The van der Waals surface area contributed by atoms with Crippen molar-refractivity contribution in [2.75, 3.05) is 0 Å². The first-order chi connectivity index (χ1) is 42.1. The first-order valence-corrected chi connectivity index (χ1v) is 42.5. The molecule has 0 atom stereocenters. The summed E-state index contributed by atoms with van der Waals surface area (Å²) in [6.07, 6.45) is 0. The quantitative estimate of drug-likeness (QED) is 0.0104. The summed E-state index contributed by atoms with van der Waals surface area (Å²) in [5, 5.41) is 0. The van der Waals surface area contributed by atoms with Crippen LogP contribution in [-0.2, 0) is 295 Å². The minimum absolute atomic E-state index is 0. The molecule has 0 unspecified atom stereocenters. The van der Waals surface area contributed by atoms with Gasteiger partial charge in [-0.3, -0.25) is 81.9 Å². The van der Waals surface area contributed by atoms with Crippen LogP contribution in [0.25, 0.3) is 0 Å². The predicted molar refractivity (Wildman–Crippen MR) is 249 cm³/mol. The predicted octanol–water partition coefficient (Wildman–Crippen LogP) is -21.3. The molecule has 0 aliphatic heterocycles. The van der Waals surface area contributed by atoms with Gasteiger partial charge < -0.3 is 9.11 Å². The second-order valence-corrected chi connectivity index (χ2v) is 29.6. The molecule has 102 heteroatoms. The topological polar surface area (TPSA) is 1280 Å². The van der Waals surface area contributed by atoms with Crippen molar-refractivity contribution >= 4 is 208 Å². The molecule has 0 spiro atoms. The summed E-state index contributed by atoms with van der Waals surface area (Å²) < 4.78 is 591. The molecule has 0 aromatic rings. The van der Waals surface area contributed by atoms with Gasteiger partial charge in [-0.15, -0.1) is 8.67 Å². The van der Waals surface area contributed by atoms with Crippen molar-refractivity contribution in [2.24, 2.45) is 0 Å². The summed E-state index contributed by atoms with van der Waals surface area (Å²) in [6, 6.07) is 0. The second kappa shape index (κ2) is 52.1. The van der Waals surface area contributed by atoms with Crippen LogP contribution in [0, 0.1) is 0 Å². The van der Waals surface area contributed by atoms with Gasteiger partial charge in [0.25, 0.3) is 0 Å². The maximum absolute atomic E-state index is 9.51. The molecular formula is H18K2O80S20. The zero-order valence-electron chi connectivity index (χ0n) is 43.5. The van der Waals surface area contributed by atoms with Crippen molar-refractivity contribution in [3.63, 3.8) is 0 Å². The zero-order valence-corrected chi connectivity index (χ0v) is 66.1. The van der Waals surface area contributed by atoms with Crippen molar-refractivity contribution in [1.29, 1.82) is 0 Å². The Balaban J connectivity index is -0.0000000880. The molecule has 0 radical (unpaired) electrons. The Labute approximate surface area is 648 Å². The first kappa shape index (κ1) is 129. The summed E-state index contributed by atoms with van der Waals surface area (Å²) in [6.45, 7) is 0. The van der Waals surface area contributed by atoms with Crippen LogP contribution in [0.5, 0.6) is 0 Å². The SMILES string of the molecule is O=S(=O)(O)OOS(=O)(=O)O.O=S(=O)(O)OOS(=O)(=O)O.O=S(=O)(O)OOS(=O)(=O)O.O=S(=O)(O)OOS(=O)(=O)O.O=S(=O)(O)OOS(=O)(=O)O.O=S(=O)(O)OOS(=O)(=O)O.O=S(=O)(O)OOS(=O)(=O)O.O=S(=O)(O)OOS(=O)(=O)O.O=S(=O)(O)OOS(=O)(=O)O.O=S(=O)([O-])OOS(=O)(=O)[O-].[K+].[K+].